The third kappa shape index (κ3) is 3.04. The van der Waals surface area contributed by atoms with Gasteiger partial charge in [0.1, 0.15) is 5.82 Å². The molecule has 1 saturated heterocycles. The minimum Gasteiger partial charge on any atom is -0.459 e. The van der Waals surface area contributed by atoms with Crippen LogP contribution in [0.15, 0.2) is 41.0 Å². The van der Waals surface area contributed by atoms with Gasteiger partial charge in [-0.25, -0.2) is 4.98 Å². The lowest BCUT2D eigenvalue weighted by atomic mass is 9.96. The SMILES string of the molecule is Cc1ccc2nc(C3CCN(C(=O)c4ccco4)CC3)[nH]c2c1.Cl. The normalized spacial score (nSPS) is 15.5. The minimum atomic E-state index is -0.0197. The highest BCUT2D eigenvalue weighted by atomic mass is 35.5. The highest BCUT2D eigenvalue weighted by Crippen LogP contribution is 2.28. The zero-order chi connectivity index (χ0) is 15.8. The lowest BCUT2D eigenvalue weighted by Crippen LogP contribution is -2.37. The molecule has 5 nitrogen and oxygen atoms in total. The number of likely N-dealkylation sites (tertiary alicyclic amines) is 1. The van der Waals surface area contributed by atoms with Gasteiger partial charge in [-0.05, 0) is 49.6 Å². The standard InChI is InChI=1S/C18H19N3O2.ClH/c1-12-4-5-14-15(11-12)20-17(19-14)13-6-8-21(9-7-13)18(22)16-3-2-10-23-16;/h2-5,10-11,13H,6-9H2,1H3,(H,19,20);1H. The summed E-state index contributed by atoms with van der Waals surface area (Å²) in [4.78, 5) is 22.3. The Balaban J connectivity index is 0.00000169. The highest BCUT2D eigenvalue weighted by molar-refractivity contribution is 5.91. The number of H-pyrrole nitrogens is 1. The first-order valence-corrected chi connectivity index (χ1v) is 8.00. The van der Waals surface area contributed by atoms with Gasteiger partial charge in [-0.2, -0.15) is 0 Å². The number of benzene rings is 1. The van der Waals surface area contributed by atoms with E-state index in [-0.39, 0.29) is 18.3 Å². The summed E-state index contributed by atoms with van der Waals surface area (Å²) in [7, 11) is 0. The molecule has 126 valence electrons. The molecule has 1 amide bonds. The van der Waals surface area contributed by atoms with Crippen LogP contribution in [0, 0.1) is 6.92 Å². The van der Waals surface area contributed by atoms with Gasteiger partial charge < -0.3 is 14.3 Å². The Bertz CT molecular complexity index is 833. The molecule has 0 unspecified atom stereocenters. The van der Waals surface area contributed by atoms with Crippen molar-refractivity contribution < 1.29 is 9.21 Å². The first-order chi connectivity index (χ1) is 11.2. The molecule has 1 fully saturated rings. The fraction of sp³-hybridized carbons (Fsp3) is 0.333. The summed E-state index contributed by atoms with van der Waals surface area (Å²) in [5.41, 5.74) is 3.33. The van der Waals surface area contributed by atoms with Crippen LogP contribution in [-0.2, 0) is 0 Å². The molecule has 1 aromatic carbocycles. The topological polar surface area (TPSA) is 62.1 Å². The van der Waals surface area contributed by atoms with Crippen LogP contribution in [0.5, 0.6) is 0 Å². The van der Waals surface area contributed by atoms with E-state index in [0.717, 1.165) is 42.8 Å². The van der Waals surface area contributed by atoms with E-state index in [1.54, 1.807) is 12.1 Å². The second kappa shape index (κ2) is 6.69. The summed E-state index contributed by atoms with van der Waals surface area (Å²) in [5, 5.41) is 0. The summed E-state index contributed by atoms with van der Waals surface area (Å²) >= 11 is 0. The van der Waals surface area contributed by atoms with Crippen molar-refractivity contribution in [1.29, 1.82) is 0 Å². The molecule has 1 aliphatic heterocycles. The number of carbonyl (C=O) groups excluding carboxylic acids is 1. The van der Waals surface area contributed by atoms with Crippen LogP contribution in [-0.4, -0.2) is 33.9 Å². The molecule has 0 aliphatic carbocycles. The molecule has 0 spiro atoms. The predicted octanol–water partition coefficient (Wildman–Crippen LogP) is 3.91. The molecule has 0 saturated carbocycles. The number of fused-ring (bicyclic) bond motifs is 1. The molecule has 1 aliphatic rings. The van der Waals surface area contributed by atoms with Crippen molar-refractivity contribution in [1.82, 2.24) is 14.9 Å². The maximum absolute atomic E-state index is 12.3. The molecule has 6 heteroatoms. The number of halogens is 1. The van der Waals surface area contributed by atoms with Crippen molar-refractivity contribution in [3.8, 4) is 0 Å². The summed E-state index contributed by atoms with van der Waals surface area (Å²) in [5.74, 6) is 1.82. The quantitative estimate of drug-likeness (QED) is 0.766. The summed E-state index contributed by atoms with van der Waals surface area (Å²) in [6.45, 7) is 3.55. The molecular weight excluding hydrogens is 326 g/mol. The number of aromatic amines is 1. The zero-order valence-electron chi connectivity index (χ0n) is 13.5. The van der Waals surface area contributed by atoms with Gasteiger partial charge in [-0.15, -0.1) is 12.4 Å². The molecule has 3 aromatic rings. The molecular formula is C18H20ClN3O2. The number of nitrogens with zero attached hydrogens (tertiary/aromatic N) is 2. The van der Waals surface area contributed by atoms with E-state index >= 15 is 0 Å². The second-order valence-electron chi connectivity index (χ2n) is 6.19. The lowest BCUT2D eigenvalue weighted by molar-refractivity contribution is 0.0679. The van der Waals surface area contributed by atoms with E-state index in [1.807, 2.05) is 4.90 Å². The average molecular weight is 346 g/mol. The van der Waals surface area contributed by atoms with Gasteiger partial charge >= 0.3 is 0 Å². The molecule has 2 aromatic heterocycles. The fourth-order valence-electron chi connectivity index (χ4n) is 3.25. The maximum Gasteiger partial charge on any atom is 0.289 e. The summed E-state index contributed by atoms with van der Waals surface area (Å²) in [6.07, 6.45) is 3.38. The number of amides is 1. The molecule has 3 heterocycles. The van der Waals surface area contributed by atoms with Gasteiger partial charge in [-0.3, -0.25) is 4.79 Å². The van der Waals surface area contributed by atoms with E-state index < -0.39 is 0 Å². The van der Waals surface area contributed by atoms with Crippen molar-refractivity contribution in [3.05, 3.63) is 53.7 Å². The molecule has 4 rings (SSSR count). The number of furan rings is 1. The number of piperidine rings is 1. The number of nitrogens with one attached hydrogen (secondary N) is 1. The van der Waals surface area contributed by atoms with Gasteiger partial charge in [-0.1, -0.05) is 6.07 Å². The van der Waals surface area contributed by atoms with E-state index in [0.29, 0.717) is 11.7 Å². The Hall–Kier alpha value is -2.27. The average Bonchev–Trinajstić information content (AvgIpc) is 3.23. The Kier molecular flexibility index (Phi) is 4.62. The van der Waals surface area contributed by atoms with Crippen molar-refractivity contribution in [2.75, 3.05) is 13.1 Å². The lowest BCUT2D eigenvalue weighted by Gasteiger charge is -2.30. The number of aromatic nitrogens is 2. The summed E-state index contributed by atoms with van der Waals surface area (Å²) in [6, 6.07) is 9.73. The van der Waals surface area contributed by atoms with Gasteiger partial charge in [0.15, 0.2) is 5.76 Å². The van der Waals surface area contributed by atoms with Crippen LogP contribution in [0.1, 0.15) is 40.7 Å². The molecule has 0 radical (unpaired) electrons. The van der Waals surface area contributed by atoms with Gasteiger partial charge in [0, 0.05) is 19.0 Å². The zero-order valence-corrected chi connectivity index (χ0v) is 14.3. The van der Waals surface area contributed by atoms with E-state index in [2.05, 4.69) is 30.1 Å². The van der Waals surface area contributed by atoms with Crippen molar-refractivity contribution in [2.24, 2.45) is 0 Å². The van der Waals surface area contributed by atoms with Gasteiger partial charge in [0.2, 0.25) is 0 Å². The first kappa shape index (κ1) is 16.6. The van der Waals surface area contributed by atoms with Crippen molar-refractivity contribution >= 4 is 29.3 Å². The predicted molar refractivity (Wildman–Crippen MR) is 94.7 cm³/mol. The fourth-order valence-corrected chi connectivity index (χ4v) is 3.25. The third-order valence-electron chi connectivity index (χ3n) is 4.56. The van der Waals surface area contributed by atoms with Crippen LogP contribution in [0.3, 0.4) is 0 Å². The molecule has 1 N–H and O–H groups in total. The molecule has 0 bridgehead atoms. The Labute approximate surface area is 146 Å². The number of rotatable bonds is 2. The number of hydrogen-bond acceptors (Lipinski definition) is 3. The van der Waals surface area contributed by atoms with Crippen LogP contribution in [0.4, 0.5) is 0 Å². The van der Waals surface area contributed by atoms with Crippen molar-refractivity contribution in [2.45, 2.75) is 25.7 Å². The van der Waals surface area contributed by atoms with Gasteiger partial charge in [0.25, 0.3) is 5.91 Å². The van der Waals surface area contributed by atoms with Crippen LogP contribution in [0.25, 0.3) is 11.0 Å². The van der Waals surface area contributed by atoms with Crippen LogP contribution in [0.2, 0.25) is 0 Å². The third-order valence-corrected chi connectivity index (χ3v) is 4.56. The van der Waals surface area contributed by atoms with Crippen LogP contribution >= 0.6 is 12.4 Å². The largest absolute Gasteiger partial charge is 0.459 e. The smallest absolute Gasteiger partial charge is 0.289 e. The minimum absolute atomic E-state index is 0. The highest BCUT2D eigenvalue weighted by Gasteiger charge is 2.27. The molecule has 0 atom stereocenters. The Morgan fingerprint density at radius 1 is 1.29 bits per heavy atom. The van der Waals surface area contributed by atoms with Crippen molar-refractivity contribution in [3.63, 3.8) is 0 Å². The number of hydrogen-bond donors (Lipinski definition) is 1. The maximum atomic E-state index is 12.3. The van der Waals surface area contributed by atoms with E-state index in [4.69, 9.17) is 9.40 Å². The number of carbonyl (C=O) groups is 1. The second-order valence-corrected chi connectivity index (χ2v) is 6.19. The summed E-state index contributed by atoms with van der Waals surface area (Å²) < 4.78 is 5.20. The van der Waals surface area contributed by atoms with E-state index in [1.165, 1.54) is 11.8 Å². The number of aryl methyl sites for hydroxylation is 1. The van der Waals surface area contributed by atoms with Crippen LogP contribution < -0.4 is 0 Å². The first-order valence-electron chi connectivity index (χ1n) is 8.00. The Morgan fingerprint density at radius 3 is 2.79 bits per heavy atom. The molecule has 24 heavy (non-hydrogen) atoms. The Morgan fingerprint density at radius 2 is 2.08 bits per heavy atom. The van der Waals surface area contributed by atoms with Gasteiger partial charge in [0.05, 0.1) is 17.3 Å². The van der Waals surface area contributed by atoms with E-state index in [9.17, 15) is 4.79 Å². The monoisotopic (exact) mass is 345 g/mol. The number of imidazole rings is 1.